The lowest BCUT2D eigenvalue weighted by Gasteiger charge is -2.06. The van der Waals surface area contributed by atoms with E-state index in [0.717, 1.165) is 0 Å². The number of hydrogen-bond acceptors (Lipinski definition) is 3. The van der Waals surface area contributed by atoms with E-state index in [1.54, 1.807) is 31.2 Å². The van der Waals surface area contributed by atoms with E-state index in [1.807, 2.05) is 0 Å². The Hall–Kier alpha value is -2.37. The first-order valence-electron chi connectivity index (χ1n) is 5.43. The molecule has 0 atom stereocenters. The number of nitrogens with one attached hydrogen (secondary N) is 2. The highest BCUT2D eigenvalue weighted by Gasteiger charge is 2.07. The molecule has 0 aliphatic rings. The molecule has 1 aromatic rings. The average Bonchev–Trinajstić information content (AvgIpc) is 2.30. The highest BCUT2D eigenvalue weighted by molar-refractivity contribution is 6.01. The van der Waals surface area contributed by atoms with Crippen LogP contribution in [0.2, 0.25) is 0 Å². The van der Waals surface area contributed by atoms with Crippen LogP contribution >= 0.6 is 0 Å². The lowest BCUT2D eigenvalue weighted by atomic mass is 10.2. The summed E-state index contributed by atoms with van der Waals surface area (Å²) in [7, 11) is 0. The molecule has 6 nitrogen and oxygen atoms in total. The van der Waals surface area contributed by atoms with Crippen LogP contribution in [0.3, 0.4) is 0 Å². The summed E-state index contributed by atoms with van der Waals surface area (Å²) in [6.45, 7) is 1.75. The number of carboxylic acids is 1. The van der Waals surface area contributed by atoms with Crippen molar-refractivity contribution in [2.24, 2.45) is 0 Å². The van der Waals surface area contributed by atoms with Crippen molar-refractivity contribution in [1.29, 1.82) is 0 Å². The van der Waals surface area contributed by atoms with Crippen molar-refractivity contribution in [3.63, 3.8) is 0 Å². The van der Waals surface area contributed by atoms with Gasteiger partial charge in [0.15, 0.2) is 0 Å². The van der Waals surface area contributed by atoms with Crippen molar-refractivity contribution >= 4 is 29.2 Å². The number of rotatable bonds is 5. The molecule has 1 rings (SSSR count). The maximum atomic E-state index is 11.2. The third-order valence-corrected chi connectivity index (χ3v) is 2.09. The van der Waals surface area contributed by atoms with Crippen LogP contribution in [-0.2, 0) is 14.4 Å². The van der Waals surface area contributed by atoms with Crippen molar-refractivity contribution in [2.45, 2.75) is 19.8 Å². The first kappa shape index (κ1) is 13.7. The Balaban J connectivity index is 2.57. The Kier molecular flexibility index (Phi) is 4.86. The maximum Gasteiger partial charge on any atom is 0.312 e. The molecular weight excluding hydrogens is 236 g/mol. The van der Waals surface area contributed by atoms with Gasteiger partial charge in [-0.15, -0.1) is 0 Å². The van der Waals surface area contributed by atoms with Crippen LogP contribution < -0.4 is 10.6 Å². The first-order chi connectivity index (χ1) is 8.51. The lowest BCUT2D eigenvalue weighted by molar-refractivity contribution is -0.139. The number of carbonyl (C=O) groups is 3. The summed E-state index contributed by atoms with van der Waals surface area (Å²) < 4.78 is 0. The first-order valence-corrected chi connectivity index (χ1v) is 5.43. The molecule has 3 N–H and O–H groups in total. The number of anilines is 2. The number of aliphatic carboxylic acids is 1. The zero-order chi connectivity index (χ0) is 13.5. The lowest BCUT2D eigenvalue weighted by Crippen LogP contribution is -2.16. The van der Waals surface area contributed by atoms with Gasteiger partial charge in [0.2, 0.25) is 11.8 Å². The smallest absolute Gasteiger partial charge is 0.312 e. The molecule has 0 saturated heterocycles. The molecule has 1 aromatic carbocycles. The van der Waals surface area contributed by atoms with Crippen molar-refractivity contribution < 1.29 is 19.5 Å². The van der Waals surface area contributed by atoms with Crippen LogP contribution in [-0.4, -0.2) is 22.9 Å². The van der Waals surface area contributed by atoms with Crippen LogP contribution in [0.5, 0.6) is 0 Å². The minimum Gasteiger partial charge on any atom is -0.481 e. The minimum absolute atomic E-state index is 0.0994. The van der Waals surface area contributed by atoms with Gasteiger partial charge in [-0.2, -0.15) is 0 Å². The summed E-state index contributed by atoms with van der Waals surface area (Å²) in [4.78, 5) is 32.6. The summed E-state index contributed by atoms with van der Waals surface area (Å²) in [5.41, 5.74) is 1.11. The van der Waals surface area contributed by atoms with Crippen LogP contribution in [0.25, 0.3) is 0 Å². The fourth-order valence-electron chi connectivity index (χ4n) is 1.23. The van der Waals surface area contributed by atoms with Crippen LogP contribution in [0, 0.1) is 0 Å². The highest BCUT2D eigenvalue weighted by Crippen LogP contribution is 2.13. The third-order valence-electron chi connectivity index (χ3n) is 2.09. The standard InChI is InChI=1S/C12H14N2O4/c1-2-10(15)13-8-3-5-9(6-4-8)14-11(16)7-12(17)18/h3-6H,2,7H2,1H3,(H,13,15)(H,14,16)(H,17,18). The number of hydrogen-bond donors (Lipinski definition) is 3. The Morgan fingerprint density at radius 1 is 1.00 bits per heavy atom. The van der Waals surface area contributed by atoms with Crippen molar-refractivity contribution in [3.8, 4) is 0 Å². The van der Waals surface area contributed by atoms with Gasteiger partial charge >= 0.3 is 5.97 Å². The summed E-state index contributed by atoms with van der Waals surface area (Å²) >= 11 is 0. The van der Waals surface area contributed by atoms with Crippen LogP contribution in [0.4, 0.5) is 11.4 Å². The summed E-state index contributed by atoms with van der Waals surface area (Å²) in [6, 6.07) is 6.43. The summed E-state index contributed by atoms with van der Waals surface area (Å²) in [5, 5.41) is 13.5. The molecule has 0 aliphatic heterocycles. The molecule has 0 heterocycles. The van der Waals surface area contributed by atoms with Gasteiger partial charge in [0.25, 0.3) is 0 Å². The largest absolute Gasteiger partial charge is 0.481 e. The molecule has 0 aromatic heterocycles. The number of amides is 2. The molecule has 0 spiro atoms. The molecule has 18 heavy (non-hydrogen) atoms. The predicted octanol–water partition coefficient (Wildman–Crippen LogP) is 1.45. The molecule has 2 amide bonds. The van der Waals surface area contributed by atoms with E-state index in [4.69, 9.17) is 5.11 Å². The van der Waals surface area contributed by atoms with Gasteiger partial charge in [0, 0.05) is 17.8 Å². The van der Waals surface area contributed by atoms with E-state index in [0.29, 0.717) is 17.8 Å². The number of carbonyl (C=O) groups excluding carboxylic acids is 2. The topological polar surface area (TPSA) is 95.5 Å². The van der Waals surface area contributed by atoms with E-state index < -0.39 is 18.3 Å². The van der Waals surface area contributed by atoms with Gasteiger partial charge in [-0.3, -0.25) is 14.4 Å². The Morgan fingerprint density at radius 2 is 1.44 bits per heavy atom. The maximum absolute atomic E-state index is 11.2. The quantitative estimate of drug-likeness (QED) is 0.689. The van der Waals surface area contributed by atoms with Gasteiger partial charge in [0.05, 0.1) is 0 Å². The Morgan fingerprint density at radius 3 is 1.83 bits per heavy atom. The molecular formula is C12H14N2O4. The monoisotopic (exact) mass is 250 g/mol. The fourth-order valence-corrected chi connectivity index (χ4v) is 1.23. The SMILES string of the molecule is CCC(=O)Nc1ccc(NC(=O)CC(=O)O)cc1. The van der Waals surface area contributed by atoms with Gasteiger partial charge in [0.1, 0.15) is 6.42 Å². The zero-order valence-electron chi connectivity index (χ0n) is 9.90. The van der Waals surface area contributed by atoms with Crippen LogP contribution in [0.1, 0.15) is 19.8 Å². The molecule has 0 radical (unpaired) electrons. The third kappa shape index (κ3) is 4.65. The summed E-state index contributed by atoms with van der Waals surface area (Å²) in [5.74, 6) is -1.87. The molecule has 0 saturated carbocycles. The van der Waals surface area contributed by atoms with Crippen molar-refractivity contribution in [2.75, 3.05) is 10.6 Å². The van der Waals surface area contributed by atoms with Crippen LogP contribution in [0.15, 0.2) is 24.3 Å². The highest BCUT2D eigenvalue weighted by atomic mass is 16.4. The molecule has 0 fully saturated rings. The second kappa shape index (κ2) is 6.39. The Bertz CT molecular complexity index is 454. The molecule has 6 heteroatoms. The van der Waals surface area contributed by atoms with E-state index in [-0.39, 0.29) is 5.91 Å². The van der Waals surface area contributed by atoms with Gasteiger partial charge in [-0.05, 0) is 24.3 Å². The summed E-state index contributed by atoms with van der Waals surface area (Å²) in [6.07, 6.45) is -0.189. The van der Waals surface area contributed by atoms with E-state index in [1.165, 1.54) is 0 Å². The molecule has 0 aliphatic carbocycles. The van der Waals surface area contributed by atoms with Crippen molar-refractivity contribution in [3.05, 3.63) is 24.3 Å². The van der Waals surface area contributed by atoms with Gasteiger partial charge in [-0.1, -0.05) is 6.92 Å². The second-order valence-corrected chi connectivity index (χ2v) is 3.60. The van der Waals surface area contributed by atoms with E-state index in [2.05, 4.69) is 10.6 Å². The molecule has 96 valence electrons. The predicted molar refractivity (Wildman–Crippen MR) is 66.2 cm³/mol. The van der Waals surface area contributed by atoms with Gasteiger partial charge < -0.3 is 15.7 Å². The molecule has 0 bridgehead atoms. The normalized spacial score (nSPS) is 9.61. The minimum atomic E-state index is -1.18. The second-order valence-electron chi connectivity index (χ2n) is 3.60. The van der Waals surface area contributed by atoms with E-state index in [9.17, 15) is 14.4 Å². The van der Waals surface area contributed by atoms with Crippen molar-refractivity contribution in [1.82, 2.24) is 0 Å². The Labute approximate surface area is 104 Å². The number of carboxylic acid groups (broad SMARTS) is 1. The van der Waals surface area contributed by atoms with E-state index >= 15 is 0 Å². The molecule has 0 unspecified atom stereocenters. The fraction of sp³-hybridized carbons (Fsp3) is 0.250. The zero-order valence-corrected chi connectivity index (χ0v) is 9.90. The average molecular weight is 250 g/mol. The van der Waals surface area contributed by atoms with Gasteiger partial charge in [-0.25, -0.2) is 0 Å². The number of benzene rings is 1.